The largest absolute Gasteiger partial charge is 0.358 e. The number of nitrogens with zero attached hydrogens (tertiary/aromatic N) is 2. The zero-order valence-corrected chi connectivity index (χ0v) is 25.9. The summed E-state index contributed by atoms with van der Waals surface area (Å²) in [4.78, 5) is 33.7. The first-order valence-electron chi connectivity index (χ1n) is 13.2. The standard InChI is InChI=1S/C27H32IN5O2S.C2H6/c1-18-6-7-23-21(16-18)22(26(34)31-23)17-24-19(2)25(20(3)30-24)27(35)29-8-4-9-32-11-13-33(14-12-32)10-5-15-36-28;1-2/h6-7,16-17,30H,4,8-14H2,1-3H3,(H,29,35)(H,31,34);1-2H3/b22-17-;. The Morgan fingerprint density at radius 1 is 1.16 bits per heavy atom. The molecule has 1 aromatic heterocycles. The van der Waals surface area contributed by atoms with Gasteiger partial charge in [-0.1, -0.05) is 31.4 Å². The third kappa shape index (κ3) is 7.65. The van der Waals surface area contributed by atoms with Gasteiger partial charge in [0.1, 0.15) is 0 Å². The summed E-state index contributed by atoms with van der Waals surface area (Å²) in [6, 6.07) is 5.92. The predicted molar refractivity (Wildman–Crippen MR) is 169 cm³/mol. The summed E-state index contributed by atoms with van der Waals surface area (Å²) in [5.41, 5.74) is 6.53. The van der Waals surface area contributed by atoms with Crippen LogP contribution in [0.3, 0.4) is 0 Å². The van der Waals surface area contributed by atoms with Crippen molar-refractivity contribution in [3.05, 3.63) is 51.8 Å². The number of nitrogens with one attached hydrogen (secondary N) is 3. The second-order valence-corrected chi connectivity index (χ2v) is 11.0. The number of piperazine rings is 1. The van der Waals surface area contributed by atoms with E-state index < -0.39 is 0 Å². The molecule has 0 aliphatic carbocycles. The topological polar surface area (TPSA) is 80.5 Å². The Labute approximate surface area is 243 Å². The molecule has 3 heterocycles. The molecule has 204 valence electrons. The van der Waals surface area contributed by atoms with Gasteiger partial charge in [-0.15, -0.1) is 0 Å². The van der Waals surface area contributed by atoms with Gasteiger partial charge in [-0.3, -0.25) is 14.5 Å². The number of aromatic nitrogens is 1. The average molecular weight is 648 g/mol. The Morgan fingerprint density at radius 2 is 1.87 bits per heavy atom. The third-order valence-corrected chi connectivity index (χ3v) is 7.65. The molecule has 2 aliphatic rings. The van der Waals surface area contributed by atoms with Gasteiger partial charge in [0.05, 0.1) is 17.7 Å². The fraction of sp³-hybridized carbons (Fsp3) is 0.448. The Bertz CT molecular complexity index is 1240. The maximum absolute atomic E-state index is 13.0. The Kier molecular flexibility index (Phi) is 11.8. The van der Waals surface area contributed by atoms with Crippen molar-refractivity contribution in [2.45, 2.75) is 41.0 Å². The zero-order valence-electron chi connectivity index (χ0n) is 23.0. The number of carbonyl (C=O) groups is 2. The molecule has 4 rings (SSSR count). The number of benzene rings is 1. The number of aromatic amines is 1. The number of hydrogen-bond donors (Lipinski definition) is 3. The van der Waals surface area contributed by atoms with Crippen molar-refractivity contribution in [2.75, 3.05) is 51.1 Å². The highest BCUT2D eigenvalue weighted by molar-refractivity contribution is 14.2. The van der Waals surface area contributed by atoms with Crippen LogP contribution in [0, 0.1) is 31.9 Å². The summed E-state index contributed by atoms with van der Waals surface area (Å²) < 4.78 is 0. The molecule has 0 saturated carbocycles. The van der Waals surface area contributed by atoms with E-state index in [2.05, 4.69) is 57.8 Å². The van der Waals surface area contributed by atoms with Crippen LogP contribution >= 0.6 is 30.1 Å². The van der Waals surface area contributed by atoms with Crippen molar-refractivity contribution in [1.82, 2.24) is 20.1 Å². The summed E-state index contributed by atoms with van der Waals surface area (Å²) >= 11 is 2.20. The van der Waals surface area contributed by atoms with E-state index in [1.54, 1.807) is 0 Å². The molecule has 1 saturated heterocycles. The lowest BCUT2D eigenvalue weighted by Gasteiger charge is -2.33. The van der Waals surface area contributed by atoms with Crippen molar-refractivity contribution in [3.63, 3.8) is 0 Å². The Morgan fingerprint density at radius 3 is 2.58 bits per heavy atom. The van der Waals surface area contributed by atoms with Crippen LogP contribution in [0.5, 0.6) is 0 Å². The summed E-state index contributed by atoms with van der Waals surface area (Å²) in [6.45, 7) is 16.4. The Balaban J connectivity index is 0.00000195. The van der Waals surface area contributed by atoms with Gasteiger partial charge in [0.15, 0.2) is 0 Å². The number of aryl methyl sites for hydroxylation is 2. The van der Waals surface area contributed by atoms with E-state index in [4.69, 9.17) is 0 Å². The van der Waals surface area contributed by atoms with Crippen LogP contribution < -0.4 is 10.6 Å². The predicted octanol–water partition coefficient (Wildman–Crippen LogP) is 5.24. The van der Waals surface area contributed by atoms with Crippen LogP contribution in [0.15, 0.2) is 18.2 Å². The number of fused-ring (bicyclic) bond motifs is 1. The molecule has 1 aromatic carbocycles. The molecule has 3 N–H and O–H groups in total. The molecule has 0 unspecified atom stereocenters. The van der Waals surface area contributed by atoms with Crippen molar-refractivity contribution in [2.24, 2.45) is 0 Å². The molecule has 2 aliphatic heterocycles. The highest BCUT2D eigenvalue weighted by atomic mass is 127. The zero-order chi connectivity index (χ0) is 27.7. The first kappa shape index (κ1) is 30.3. The molecular formula is C29H38IN5O2S. The number of amides is 2. The number of carbonyl (C=O) groups excluding carboxylic acids is 2. The van der Waals surface area contributed by atoms with Crippen molar-refractivity contribution < 1.29 is 9.59 Å². The average Bonchev–Trinajstić information content (AvgIpc) is 3.38. The molecular weight excluding hydrogens is 609 g/mol. The van der Waals surface area contributed by atoms with E-state index >= 15 is 0 Å². The fourth-order valence-corrected chi connectivity index (χ4v) is 5.37. The molecule has 0 radical (unpaired) electrons. The van der Waals surface area contributed by atoms with Gasteiger partial charge in [0, 0.05) is 76.6 Å². The van der Waals surface area contributed by atoms with Gasteiger partial charge >= 0.3 is 0 Å². The monoisotopic (exact) mass is 647 g/mol. The number of H-pyrrole nitrogens is 1. The first-order valence-corrected chi connectivity index (χ1v) is 16.5. The highest BCUT2D eigenvalue weighted by Crippen LogP contribution is 2.34. The second kappa shape index (κ2) is 14.8. The molecule has 2 amide bonds. The molecule has 0 bridgehead atoms. The van der Waals surface area contributed by atoms with Gasteiger partial charge in [-0.05, 0) is 71.7 Å². The maximum Gasteiger partial charge on any atom is 0.256 e. The van der Waals surface area contributed by atoms with Crippen LogP contribution in [0.25, 0.3) is 11.6 Å². The molecule has 9 heteroatoms. The van der Waals surface area contributed by atoms with E-state index in [0.29, 0.717) is 17.7 Å². The van der Waals surface area contributed by atoms with Gasteiger partial charge in [-0.25, -0.2) is 0 Å². The summed E-state index contributed by atoms with van der Waals surface area (Å²) in [7, 11) is 1.53. The minimum Gasteiger partial charge on any atom is -0.358 e. The number of anilines is 1. The number of rotatable bonds is 7. The SMILES string of the molecule is CC.Cc1ccc2c(c1)/C(=C/c1[nH]c(C)c(C(=O)NCCCN3CCN(CC#CSI)CC3)c1C)C(=O)N2. The maximum atomic E-state index is 13.0. The van der Waals surface area contributed by atoms with Crippen molar-refractivity contribution in [3.8, 4) is 11.2 Å². The number of hydrogen-bond acceptors (Lipinski definition) is 5. The van der Waals surface area contributed by atoms with Crippen LogP contribution in [0.4, 0.5) is 5.69 Å². The van der Waals surface area contributed by atoms with E-state index in [1.165, 1.54) is 8.93 Å². The normalized spacial score (nSPS) is 16.3. The molecule has 1 fully saturated rings. The van der Waals surface area contributed by atoms with Crippen LogP contribution in [0.2, 0.25) is 0 Å². The molecule has 38 heavy (non-hydrogen) atoms. The minimum atomic E-state index is -0.123. The quantitative estimate of drug-likeness (QED) is 0.166. The lowest BCUT2D eigenvalue weighted by atomic mass is 10.0. The lowest BCUT2D eigenvalue weighted by Crippen LogP contribution is -2.46. The van der Waals surface area contributed by atoms with Gasteiger partial charge < -0.3 is 20.5 Å². The third-order valence-electron chi connectivity index (χ3n) is 6.76. The summed E-state index contributed by atoms with van der Waals surface area (Å²) in [5.74, 6) is 2.98. The first-order chi connectivity index (χ1) is 18.4. The summed E-state index contributed by atoms with van der Waals surface area (Å²) in [6.07, 6.45) is 2.76. The molecule has 0 spiro atoms. The second-order valence-electron chi connectivity index (χ2n) is 9.31. The van der Waals surface area contributed by atoms with Crippen LogP contribution in [-0.2, 0) is 4.79 Å². The molecule has 0 atom stereocenters. The van der Waals surface area contributed by atoms with Crippen molar-refractivity contribution in [1.29, 1.82) is 0 Å². The molecule has 7 nitrogen and oxygen atoms in total. The fourth-order valence-electron chi connectivity index (χ4n) is 4.78. The van der Waals surface area contributed by atoms with E-state index in [0.717, 1.165) is 79.5 Å². The highest BCUT2D eigenvalue weighted by Gasteiger charge is 2.25. The van der Waals surface area contributed by atoms with E-state index in [-0.39, 0.29) is 11.8 Å². The van der Waals surface area contributed by atoms with Crippen molar-refractivity contribution >= 4 is 59.3 Å². The smallest absolute Gasteiger partial charge is 0.256 e. The van der Waals surface area contributed by atoms with Gasteiger partial charge in [-0.2, -0.15) is 0 Å². The van der Waals surface area contributed by atoms with Crippen LogP contribution in [0.1, 0.15) is 58.7 Å². The van der Waals surface area contributed by atoms with Gasteiger partial charge in [0.2, 0.25) is 0 Å². The lowest BCUT2D eigenvalue weighted by molar-refractivity contribution is -0.110. The molecule has 2 aromatic rings. The van der Waals surface area contributed by atoms with E-state index in [9.17, 15) is 9.59 Å². The minimum absolute atomic E-state index is 0.0745. The number of halogens is 1. The Hall–Kier alpha value is -2.26. The van der Waals surface area contributed by atoms with Crippen LogP contribution in [-0.4, -0.2) is 72.4 Å². The van der Waals surface area contributed by atoms with Gasteiger partial charge in [0.25, 0.3) is 11.8 Å². The summed E-state index contributed by atoms with van der Waals surface area (Å²) in [5, 5.41) is 9.05. The van der Waals surface area contributed by atoms with E-state index in [1.807, 2.05) is 58.9 Å².